The van der Waals surface area contributed by atoms with Gasteiger partial charge in [0.25, 0.3) is 5.79 Å². The second kappa shape index (κ2) is 14.9. The average Bonchev–Trinajstić information content (AvgIpc) is 2.89. The van der Waals surface area contributed by atoms with Gasteiger partial charge in [-0.1, -0.05) is 17.2 Å². The average molecular weight is 583 g/mol. The van der Waals surface area contributed by atoms with Crippen LogP contribution in [0.5, 0.6) is 0 Å². The van der Waals surface area contributed by atoms with E-state index in [4.69, 9.17) is 34.0 Å². The summed E-state index contributed by atoms with van der Waals surface area (Å²) in [5.41, 5.74) is 9.30. The maximum Gasteiger partial charge on any atom is 0.366 e. The van der Waals surface area contributed by atoms with Crippen molar-refractivity contribution in [3.63, 3.8) is 0 Å². The standard InChI is InChI=1S/C25H31FN4O11/c1-13(31)29-21-19(38-14(2)32)10-25(24(35)36-5,37-12-17-6-8-18(26)9-7-17)41-23(21)22(40-16(4)34)20(11-28-30-27)39-15(3)33/h6-9,19-23H,10-12H2,1-5H3,(H,29,31)/t19-,20+,21+,22+,23+,25+/m0/s1. The van der Waals surface area contributed by atoms with Crippen molar-refractivity contribution >= 4 is 29.8 Å². The quantitative estimate of drug-likeness (QED) is 0.123. The molecule has 1 aliphatic rings. The molecule has 0 bridgehead atoms. The Balaban J connectivity index is 2.71. The predicted octanol–water partition coefficient (Wildman–Crippen LogP) is 1.61. The SMILES string of the molecule is COC(=O)[C@@]1(OCc2ccc(F)cc2)C[C@H](OC(C)=O)[C@@H](NC(C)=O)[C@H]([C@H](OC(C)=O)[C@@H](CN=[N+]=[N-])OC(C)=O)O1. The summed E-state index contributed by atoms with van der Waals surface area (Å²) in [6, 6.07) is 3.81. The first kappa shape index (κ1) is 32.9. The van der Waals surface area contributed by atoms with E-state index < -0.39 is 84.8 Å². The third kappa shape index (κ3) is 9.41. The molecule has 0 aliphatic carbocycles. The zero-order valence-corrected chi connectivity index (χ0v) is 23.0. The minimum absolute atomic E-state index is 0.329. The van der Waals surface area contributed by atoms with Gasteiger partial charge in [-0.25, -0.2) is 9.18 Å². The number of nitrogens with one attached hydrogen (secondary N) is 1. The van der Waals surface area contributed by atoms with Crippen molar-refractivity contribution < 1.29 is 56.8 Å². The van der Waals surface area contributed by atoms with Crippen LogP contribution in [0.2, 0.25) is 0 Å². The van der Waals surface area contributed by atoms with Gasteiger partial charge in [0.15, 0.2) is 6.10 Å². The predicted molar refractivity (Wildman–Crippen MR) is 134 cm³/mol. The molecule has 2 rings (SSSR count). The van der Waals surface area contributed by atoms with Crippen LogP contribution < -0.4 is 5.32 Å². The Hall–Kier alpha value is -4.27. The molecular weight excluding hydrogens is 551 g/mol. The van der Waals surface area contributed by atoms with Crippen molar-refractivity contribution in [2.24, 2.45) is 5.11 Å². The third-order valence-corrected chi connectivity index (χ3v) is 5.75. The minimum atomic E-state index is -2.35. The molecule has 1 aromatic rings. The van der Waals surface area contributed by atoms with Gasteiger partial charge in [-0.2, -0.15) is 0 Å². The molecule has 1 heterocycles. The van der Waals surface area contributed by atoms with Crippen LogP contribution in [0.15, 0.2) is 29.4 Å². The summed E-state index contributed by atoms with van der Waals surface area (Å²) in [7, 11) is 1.04. The fourth-order valence-electron chi connectivity index (χ4n) is 4.26. The molecule has 16 heteroatoms. The normalized spacial score (nSPS) is 23.1. The van der Waals surface area contributed by atoms with E-state index in [-0.39, 0.29) is 6.61 Å². The third-order valence-electron chi connectivity index (χ3n) is 5.75. The van der Waals surface area contributed by atoms with E-state index in [0.29, 0.717) is 5.56 Å². The number of carbonyl (C=O) groups is 5. The summed E-state index contributed by atoms with van der Waals surface area (Å²) in [6.07, 6.45) is -6.61. The van der Waals surface area contributed by atoms with Gasteiger partial charge < -0.3 is 33.7 Å². The summed E-state index contributed by atoms with van der Waals surface area (Å²) in [4.78, 5) is 64.3. The molecule has 0 unspecified atom stereocenters. The molecule has 224 valence electrons. The van der Waals surface area contributed by atoms with E-state index in [2.05, 4.69) is 15.3 Å². The Morgan fingerprint density at radius 2 is 1.73 bits per heavy atom. The lowest BCUT2D eigenvalue weighted by Crippen LogP contribution is -2.69. The number of ether oxygens (including phenoxy) is 6. The molecule has 0 spiro atoms. The van der Waals surface area contributed by atoms with Crippen LogP contribution >= 0.6 is 0 Å². The summed E-state index contributed by atoms with van der Waals surface area (Å²) in [6.45, 7) is 3.43. The van der Waals surface area contributed by atoms with Crippen LogP contribution in [0.4, 0.5) is 4.39 Å². The lowest BCUT2D eigenvalue weighted by molar-refractivity contribution is -0.316. The summed E-state index contributed by atoms with van der Waals surface area (Å²) in [5.74, 6) is -7.14. The molecule has 41 heavy (non-hydrogen) atoms. The van der Waals surface area contributed by atoms with Crippen LogP contribution in [-0.2, 0) is 59.0 Å². The van der Waals surface area contributed by atoms with Gasteiger partial charge in [-0.3, -0.25) is 19.2 Å². The number of halogens is 1. The molecule has 1 aromatic carbocycles. The Kier molecular flexibility index (Phi) is 12.0. The molecule has 0 aromatic heterocycles. The van der Waals surface area contributed by atoms with Crippen molar-refractivity contribution in [2.45, 2.75) is 77.0 Å². The number of azide groups is 1. The number of rotatable bonds is 12. The van der Waals surface area contributed by atoms with Gasteiger partial charge >= 0.3 is 23.9 Å². The first-order chi connectivity index (χ1) is 19.3. The lowest BCUT2D eigenvalue weighted by Gasteiger charge is -2.48. The largest absolute Gasteiger partial charge is 0.465 e. The number of carbonyl (C=O) groups excluding carboxylic acids is 5. The number of esters is 4. The molecule has 15 nitrogen and oxygen atoms in total. The Bertz CT molecular complexity index is 1170. The van der Waals surface area contributed by atoms with Gasteiger partial charge in [0.1, 0.15) is 24.1 Å². The number of amides is 1. The Labute approximate surface area is 234 Å². The van der Waals surface area contributed by atoms with E-state index in [9.17, 15) is 28.4 Å². The molecule has 1 N–H and O–H groups in total. The van der Waals surface area contributed by atoms with Crippen molar-refractivity contribution in [3.8, 4) is 0 Å². The maximum absolute atomic E-state index is 13.4. The van der Waals surface area contributed by atoms with Crippen molar-refractivity contribution in [1.82, 2.24) is 5.32 Å². The smallest absolute Gasteiger partial charge is 0.366 e. The summed E-state index contributed by atoms with van der Waals surface area (Å²) < 4.78 is 46.5. The highest BCUT2D eigenvalue weighted by Crippen LogP contribution is 2.37. The number of hydrogen-bond donors (Lipinski definition) is 1. The Morgan fingerprint density at radius 1 is 1.10 bits per heavy atom. The molecule has 1 amide bonds. The summed E-state index contributed by atoms with van der Waals surface area (Å²) in [5, 5.41) is 5.96. The molecule has 1 aliphatic heterocycles. The van der Waals surface area contributed by atoms with Crippen molar-refractivity contribution in [2.75, 3.05) is 13.7 Å². The van der Waals surface area contributed by atoms with Gasteiger partial charge in [0, 0.05) is 32.6 Å². The van der Waals surface area contributed by atoms with Crippen LogP contribution in [-0.4, -0.2) is 79.7 Å². The first-order valence-corrected chi connectivity index (χ1v) is 12.3. The first-order valence-electron chi connectivity index (χ1n) is 12.3. The number of methoxy groups -OCH3 is 1. The number of hydrogen-bond acceptors (Lipinski definition) is 12. The zero-order chi connectivity index (χ0) is 30.7. The van der Waals surface area contributed by atoms with Crippen LogP contribution in [0, 0.1) is 5.82 Å². The minimum Gasteiger partial charge on any atom is -0.465 e. The monoisotopic (exact) mass is 582 g/mol. The van der Waals surface area contributed by atoms with Crippen LogP contribution in [0.1, 0.15) is 39.7 Å². The van der Waals surface area contributed by atoms with Gasteiger partial charge in [-0.15, -0.1) is 0 Å². The fraction of sp³-hybridized carbons (Fsp3) is 0.560. The second-order valence-corrected chi connectivity index (χ2v) is 8.96. The van der Waals surface area contributed by atoms with E-state index in [0.717, 1.165) is 34.8 Å². The number of nitrogens with zero attached hydrogens (tertiary/aromatic N) is 3. The van der Waals surface area contributed by atoms with E-state index in [1.165, 1.54) is 24.3 Å². The van der Waals surface area contributed by atoms with Gasteiger partial charge in [0.2, 0.25) is 5.91 Å². The lowest BCUT2D eigenvalue weighted by atomic mass is 9.87. The molecule has 1 fully saturated rings. The van der Waals surface area contributed by atoms with E-state index in [1.54, 1.807) is 0 Å². The van der Waals surface area contributed by atoms with Crippen LogP contribution in [0.25, 0.3) is 10.4 Å². The van der Waals surface area contributed by atoms with Crippen molar-refractivity contribution in [3.05, 3.63) is 46.1 Å². The van der Waals surface area contributed by atoms with Crippen LogP contribution in [0.3, 0.4) is 0 Å². The highest BCUT2D eigenvalue weighted by atomic mass is 19.1. The molecule has 1 saturated heterocycles. The molecular formula is C25H31FN4O11. The molecule has 0 saturated carbocycles. The highest BCUT2D eigenvalue weighted by Gasteiger charge is 2.59. The molecule has 0 radical (unpaired) electrons. The summed E-state index contributed by atoms with van der Waals surface area (Å²) >= 11 is 0. The van der Waals surface area contributed by atoms with Gasteiger partial charge in [0.05, 0.1) is 32.7 Å². The van der Waals surface area contributed by atoms with Gasteiger partial charge in [-0.05, 0) is 23.2 Å². The topological polar surface area (TPSA) is 202 Å². The van der Waals surface area contributed by atoms with E-state index in [1.807, 2.05) is 0 Å². The number of benzene rings is 1. The zero-order valence-electron chi connectivity index (χ0n) is 23.0. The Morgan fingerprint density at radius 3 is 2.24 bits per heavy atom. The van der Waals surface area contributed by atoms with Crippen molar-refractivity contribution in [1.29, 1.82) is 0 Å². The maximum atomic E-state index is 13.4. The van der Waals surface area contributed by atoms with E-state index >= 15 is 0 Å². The fourth-order valence-corrected chi connectivity index (χ4v) is 4.26. The highest BCUT2D eigenvalue weighted by molar-refractivity contribution is 5.79. The second-order valence-electron chi connectivity index (χ2n) is 8.96. The molecule has 6 atom stereocenters.